The van der Waals surface area contributed by atoms with E-state index >= 15 is 0 Å². The van der Waals surface area contributed by atoms with Crippen LogP contribution in [-0.4, -0.2) is 9.13 Å². The highest BCUT2D eigenvalue weighted by atomic mass is 16.3. The van der Waals surface area contributed by atoms with Crippen LogP contribution in [0.25, 0.3) is 98.8 Å². The summed E-state index contributed by atoms with van der Waals surface area (Å²) in [5.41, 5.74) is 11.1. The lowest BCUT2D eigenvalue weighted by Gasteiger charge is -2.11. The van der Waals surface area contributed by atoms with Crippen molar-refractivity contribution in [3.05, 3.63) is 170 Å². The molecular weight excluding hydrogens is 597 g/mol. The van der Waals surface area contributed by atoms with E-state index in [0.717, 1.165) is 44.3 Å². The molecule has 0 spiro atoms. The van der Waals surface area contributed by atoms with Crippen LogP contribution in [0, 0.1) is 0 Å². The first kappa shape index (κ1) is 26.5. The van der Waals surface area contributed by atoms with Gasteiger partial charge in [-0.05, 0) is 76.5 Å². The first-order chi connectivity index (χ1) is 24.3. The van der Waals surface area contributed by atoms with Gasteiger partial charge in [0.2, 0.25) is 0 Å². The van der Waals surface area contributed by atoms with Crippen molar-refractivity contribution in [1.29, 1.82) is 0 Å². The summed E-state index contributed by atoms with van der Waals surface area (Å²) in [4.78, 5) is 0. The Morgan fingerprint density at radius 2 is 0.939 bits per heavy atom. The molecule has 0 bridgehead atoms. The summed E-state index contributed by atoms with van der Waals surface area (Å²) in [6.07, 6.45) is 0. The minimum atomic E-state index is 0.896. The van der Waals surface area contributed by atoms with Crippen molar-refractivity contribution >= 4 is 76.3 Å². The molecule has 3 aromatic heterocycles. The smallest absolute Gasteiger partial charge is 0.159 e. The molecule has 0 aliphatic rings. The fourth-order valence-corrected chi connectivity index (χ4v) is 8.05. The number of benzene rings is 8. The normalized spacial score (nSPS) is 12.1. The summed E-state index contributed by atoms with van der Waals surface area (Å²) in [5, 5.41) is 9.59. The van der Waals surface area contributed by atoms with Gasteiger partial charge < -0.3 is 13.6 Å². The van der Waals surface area contributed by atoms with Crippen molar-refractivity contribution in [1.82, 2.24) is 9.13 Å². The highest BCUT2D eigenvalue weighted by Gasteiger charge is 2.21. The second kappa shape index (κ2) is 9.96. The highest BCUT2D eigenvalue weighted by Crippen LogP contribution is 2.42. The zero-order valence-electron chi connectivity index (χ0n) is 26.5. The van der Waals surface area contributed by atoms with Crippen LogP contribution >= 0.6 is 0 Å². The fraction of sp³-hybridized carbons (Fsp3) is 0. The van der Waals surface area contributed by atoms with Gasteiger partial charge in [0.1, 0.15) is 5.58 Å². The first-order valence-corrected chi connectivity index (χ1v) is 16.8. The third-order valence-electron chi connectivity index (χ3n) is 10.3. The number of furan rings is 1. The molecule has 0 N–H and O–H groups in total. The van der Waals surface area contributed by atoms with Crippen molar-refractivity contribution in [2.45, 2.75) is 0 Å². The zero-order chi connectivity index (χ0) is 32.1. The molecule has 11 aromatic rings. The van der Waals surface area contributed by atoms with E-state index in [9.17, 15) is 0 Å². The zero-order valence-corrected chi connectivity index (χ0v) is 26.5. The van der Waals surface area contributed by atoms with Crippen molar-refractivity contribution < 1.29 is 4.42 Å². The van der Waals surface area contributed by atoms with Gasteiger partial charge in [0.05, 0.1) is 27.8 Å². The molecule has 0 saturated carbocycles. The molecule has 3 heterocycles. The number of fused-ring (bicyclic) bond motifs is 10. The molecule has 3 nitrogen and oxygen atoms in total. The van der Waals surface area contributed by atoms with Crippen molar-refractivity contribution in [3.63, 3.8) is 0 Å². The van der Waals surface area contributed by atoms with Crippen molar-refractivity contribution in [2.75, 3.05) is 0 Å². The molecule has 3 heteroatoms. The highest BCUT2D eigenvalue weighted by molar-refractivity contribution is 6.20. The number of nitrogens with zero attached hydrogens (tertiary/aromatic N) is 2. The molecule has 8 aromatic carbocycles. The largest absolute Gasteiger partial charge is 0.454 e. The molecule has 0 aliphatic heterocycles. The van der Waals surface area contributed by atoms with E-state index in [-0.39, 0.29) is 0 Å². The lowest BCUT2D eigenvalue weighted by Crippen LogP contribution is -1.96. The van der Waals surface area contributed by atoms with Crippen LogP contribution in [0.15, 0.2) is 174 Å². The molecule has 0 amide bonds. The van der Waals surface area contributed by atoms with Gasteiger partial charge in [-0.1, -0.05) is 115 Å². The van der Waals surface area contributed by atoms with Crippen molar-refractivity contribution in [2.24, 2.45) is 0 Å². The number of hydrogen-bond donors (Lipinski definition) is 0. The lowest BCUT2D eigenvalue weighted by molar-refractivity contribution is 0.667. The Balaban J connectivity index is 1.22. The molecule has 0 saturated heterocycles. The van der Waals surface area contributed by atoms with E-state index in [4.69, 9.17) is 4.42 Å². The van der Waals surface area contributed by atoms with E-state index in [1.54, 1.807) is 0 Å². The third kappa shape index (κ3) is 3.78. The predicted molar refractivity (Wildman–Crippen MR) is 205 cm³/mol. The average molecular weight is 625 g/mol. The standard InChI is InChI=1S/C46H28N2O/c1-2-11-29(12-3-1)30-21-23-33(24-22-30)47-40-18-8-6-15-34(40)37-27-38-35-16-7-9-19-41(35)48(44(38)28-43(37)47)42-20-10-17-36-39-25-31-13-4-5-14-32(31)26-45(39)49-46(36)42/h1-28H. The quantitative estimate of drug-likeness (QED) is 0.192. The van der Waals surface area contributed by atoms with Gasteiger partial charge in [0.15, 0.2) is 5.58 Å². The summed E-state index contributed by atoms with van der Waals surface area (Å²) < 4.78 is 11.6. The molecule has 0 unspecified atom stereocenters. The Morgan fingerprint density at radius 1 is 0.347 bits per heavy atom. The Hall–Kier alpha value is -6.58. The van der Waals surface area contributed by atoms with Gasteiger partial charge in [0, 0.05) is 38.0 Å². The van der Waals surface area contributed by atoms with Gasteiger partial charge in [-0.15, -0.1) is 0 Å². The molecule has 0 fully saturated rings. The summed E-state index contributed by atoms with van der Waals surface area (Å²) in [6.45, 7) is 0. The molecular formula is C46H28N2O. The summed E-state index contributed by atoms with van der Waals surface area (Å²) in [7, 11) is 0. The van der Waals surface area contributed by atoms with Gasteiger partial charge in [0.25, 0.3) is 0 Å². The van der Waals surface area contributed by atoms with Crippen LogP contribution in [0.5, 0.6) is 0 Å². The summed E-state index contributed by atoms with van der Waals surface area (Å²) in [5.74, 6) is 0. The van der Waals surface area contributed by atoms with Crippen molar-refractivity contribution in [3.8, 4) is 22.5 Å². The lowest BCUT2D eigenvalue weighted by atomic mass is 10.1. The fourth-order valence-electron chi connectivity index (χ4n) is 8.05. The first-order valence-electron chi connectivity index (χ1n) is 16.8. The van der Waals surface area contributed by atoms with E-state index < -0.39 is 0 Å². The van der Waals surface area contributed by atoms with Crippen LogP contribution in [0.3, 0.4) is 0 Å². The van der Waals surface area contributed by atoms with Gasteiger partial charge in [-0.3, -0.25) is 0 Å². The van der Waals surface area contributed by atoms with Crippen LogP contribution in [0.2, 0.25) is 0 Å². The summed E-state index contributed by atoms with van der Waals surface area (Å²) in [6, 6.07) is 61.3. The Bertz CT molecular complexity index is 3090. The maximum atomic E-state index is 6.76. The minimum Gasteiger partial charge on any atom is -0.454 e. The molecule has 0 radical (unpaired) electrons. The van der Waals surface area contributed by atoms with Crippen LogP contribution in [-0.2, 0) is 0 Å². The Labute approximate surface area is 281 Å². The monoisotopic (exact) mass is 624 g/mol. The maximum absolute atomic E-state index is 6.76. The van der Waals surface area contributed by atoms with E-state index in [1.165, 1.54) is 54.5 Å². The number of rotatable bonds is 3. The van der Waals surface area contributed by atoms with E-state index in [2.05, 4.69) is 179 Å². The Kier molecular flexibility index (Phi) is 5.38. The maximum Gasteiger partial charge on any atom is 0.159 e. The van der Waals surface area contributed by atoms with Crippen LogP contribution in [0.4, 0.5) is 0 Å². The second-order valence-electron chi connectivity index (χ2n) is 13.0. The van der Waals surface area contributed by atoms with Gasteiger partial charge in [-0.25, -0.2) is 0 Å². The Morgan fingerprint density at radius 3 is 1.69 bits per heavy atom. The minimum absolute atomic E-state index is 0.896. The summed E-state index contributed by atoms with van der Waals surface area (Å²) >= 11 is 0. The van der Waals surface area contributed by atoms with Crippen LogP contribution in [0.1, 0.15) is 0 Å². The number of aromatic nitrogens is 2. The number of hydrogen-bond acceptors (Lipinski definition) is 1. The SMILES string of the molecule is c1ccc(-c2ccc(-n3c4ccccc4c4cc5c6ccccc6n(-c6cccc7c6oc6cc8ccccc8cc67)c5cc43)cc2)cc1. The predicted octanol–water partition coefficient (Wildman–Crippen LogP) is 12.6. The van der Waals surface area contributed by atoms with E-state index in [0.29, 0.717) is 0 Å². The average Bonchev–Trinajstić information content (AvgIpc) is 3.80. The molecule has 11 rings (SSSR count). The molecule has 228 valence electrons. The number of para-hydroxylation sites is 3. The van der Waals surface area contributed by atoms with Crippen LogP contribution < -0.4 is 0 Å². The molecule has 49 heavy (non-hydrogen) atoms. The van der Waals surface area contributed by atoms with Gasteiger partial charge in [-0.2, -0.15) is 0 Å². The van der Waals surface area contributed by atoms with E-state index in [1.807, 2.05) is 0 Å². The third-order valence-corrected chi connectivity index (χ3v) is 10.3. The molecule has 0 aliphatic carbocycles. The second-order valence-corrected chi connectivity index (χ2v) is 13.0. The van der Waals surface area contributed by atoms with Gasteiger partial charge >= 0.3 is 0 Å². The molecule has 0 atom stereocenters. The topological polar surface area (TPSA) is 23.0 Å².